The zero-order chi connectivity index (χ0) is 10.8. The maximum atomic E-state index is 5.99. The van der Waals surface area contributed by atoms with Crippen molar-refractivity contribution in [2.45, 2.75) is 19.3 Å². The molecule has 0 saturated heterocycles. The van der Waals surface area contributed by atoms with Crippen molar-refractivity contribution < 1.29 is 0 Å². The van der Waals surface area contributed by atoms with E-state index in [1.165, 1.54) is 19.3 Å². The first-order chi connectivity index (χ1) is 7.18. The standard InChI is InChI=1S/C12H17ClN2/c1-15(8-9-4-2-5-9)11-7-3-6-10(13)12(11)14/h3,6-7,9H,2,4-5,8,14H2,1H3. The smallest absolute Gasteiger partial charge is 0.0741 e. The van der Waals surface area contributed by atoms with Gasteiger partial charge in [0.15, 0.2) is 0 Å². The van der Waals surface area contributed by atoms with E-state index in [1.54, 1.807) is 0 Å². The Kier molecular flexibility index (Phi) is 3.06. The Balaban J connectivity index is 2.09. The van der Waals surface area contributed by atoms with Crippen molar-refractivity contribution in [1.82, 2.24) is 0 Å². The first kappa shape index (κ1) is 10.6. The number of anilines is 2. The van der Waals surface area contributed by atoms with Gasteiger partial charge in [-0.2, -0.15) is 0 Å². The van der Waals surface area contributed by atoms with Gasteiger partial charge in [-0.15, -0.1) is 0 Å². The van der Waals surface area contributed by atoms with Crippen LogP contribution in [0.3, 0.4) is 0 Å². The molecule has 3 heteroatoms. The minimum absolute atomic E-state index is 0.646. The van der Waals surface area contributed by atoms with Crippen LogP contribution in [-0.4, -0.2) is 13.6 Å². The molecule has 1 fully saturated rings. The van der Waals surface area contributed by atoms with Gasteiger partial charge >= 0.3 is 0 Å². The molecule has 1 aliphatic rings. The fourth-order valence-corrected chi connectivity index (χ4v) is 2.19. The highest BCUT2D eigenvalue weighted by Crippen LogP contribution is 2.32. The highest BCUT2D eigenvalue weighted by atomic mass is 35.5. The van der Waals surface area contributed by atoms with Gasteiger partial charge in [0.25, 0.3) is 0 Å². The largest absolute Gasteiger partial charge is 0.396 e. The number of hydrogen-bond donors (Lipinski definition) is 1. The molecule has 0 radical (unpaired) electrons. The quantitative estimate of drug-likeness (QED) is 0.800. The van der Waals surface area contributed by atoms with Gasteiger partial charge in [0.1, 0.15) is 0 Å². The van der Waals surface area contributed by atoms with Crippen molar-refractivity contribution in [2.24, 2.45) is 5.92 Å². The van der Waals surface area contributed by atoms with Crippen LogP contribution in [0, 0.1) is 5.92 Å². The molecule has 0 aliphatic heterocycles. The summed E-state index contributed by atoms with van der Waals surface area (Å²) in [4.78, 5) is 2.21. The summed E-state index contributed by atoms with van der Waals surface area (Å²) in [6.07, 6.45) is 4.08. The minimum atomic E-state index is 0.646. The van der Waals surface area contributed by atoms with E-state index in [1.807, 2.05) is 18.2 Å². The molecule has 0 atom stereocenters. The molecule has 2 rings (SSSR count). The number of nitrogens with two attached hydrogens (primary N) is 1. The Morgan fingerprint density at radius 1 is 1.47 bits per heavy atom. The first-order valence-corrected chi connectivity index (χ1v) is 5.81. The zero-order valence-electron chi connectivity index (χ0n) is 9.04. The first-order valence-electron chi connectivity index (χ1n) is 5.43. The van der Waals surface area contributed by atoms with Gasteiger partial charge in [0, 0.05) is 13.6 Å². The lowest BCUT2D eigenvalue weighted by atomic mass is 9.85. The molecule has 0 aromatic heterocycles. The number of hydrogen-bond acceptors (Lipinski definition) is 2. The van der Waals surface area contributed by atoms with Crippen LogP contribution in [0.4, 0.5) is 11.4 Å². The SMILES string of the molecule is CN(CC1CCC1)c1cccc(Cl)c1N. The molecule has 1 saturated carbocycles. The molecule has 0 amide bonds. The predicted molar refractivity (Wildman–Crippen MR) is 66.5 cm³/mol. The topological polar surface area (TPSA) is 29.3 Å². The normalized spacial score (nSPS) is 16.1. The second-order valence-electron chi connectivity index (χ2n) is 4.35. The molecule has 2 N–H and O–H groups in total. The van der Waals surface area contributed by atoms with Crippen LogP contribution in [0.1, 0.15) is 19.3 Å². The Hall–Kier alpha value is -0.890. The number of nitrogens with zero attached hydrogens (tertiary/aromatic N) is 1. The van der Waals surface area contributed by atoms with Gasteiger partial charge in [-0.3, -0.25) is 0 Å². The monoisotopic (exact) mass is 224 g/mol. The second kappa shape index (κ2) is 4.31. The van der Waals surface area contributed by atoms with Gasteiger partial charge in [-0.25, -0.2) is 0 Å². The van der Waals surface area contributed by atoms with E-state index in [0.29, 0.717) is 10.7 Å². The summed E-state index contributed by atoms with van der Waals surface area (Å²) in [5.41, 5.74) is 7.69. The predicted octanol–water partition coefficient (Wildman–Crippen LogP) is 3.16. The molecule has 0 bridgehead atoms. The van der Waals surface area contributed by atoms with Crippen LogP contribution >= 0.6 is 11.6 Å². The fourth-order valence-electron chi connectivity index (χ4n) is 2.02. The Labute approximate surface area is 96.0 Å². The van der Waals surface area contributed by atoms with Crippen molar-refractivity contribution in [3.05, 3.63) is 23.2 Å². The fraction of sp³-hybridized carbons (Fsp3) is 0.500. The summed E-state index contributed by atoms with van der Waals surface area (Å²) in [6, 6.07) is 5.81. The van der Waals surface area contributed by atoms with E-state index in [-0.39, 0.29) is 0 Å². The molecule has 0 unspecified atom stereocenters. The third-order valence-corrected chi connectivity index (χ3v) is 3.53. The van der Waals surface area contributed by atoms with E-state index in [4.69, 9.17) is 17.3 Å². The third kappa shape index (κ3) is 2.20. The van der Waals surface area contributed by atoms with Crippen molar-refractivity contribution in [2.75, 3.05) is 24.2 Å². The summed E-state index contributed by atoms with van der Waals surface area (Å²) in [5.74, 6) is 0.841. The van der Waals surface area contributed by atoms with Crippen LogP contribution in [0.25, 0.3) is 0 Å². The summed E-state index contributed by atoms with van der Waals surface area (Å²) < 4.78 is 0. The molecule has 15 heavy (non-hydrogen) atoms. The average molecular weight is 225 g/mol. The number of halogens is 1. The highest BCUT2D eigenvalue weighted by Gasteiger charge is 2.20. The summed E-state index contributed by atoms with van der Waals surface area (Å²) in [6.45, 7) is 1.09. The molecule has 82 valence electrons. The molecule has 0 heterocycles. The van der Waals surface area contributed by atoms with Crippen LogP contribution in [0.5, 0.6) is 0 Å². The summed E-state index contributed by atoms with van der Waals surface area (Å²) in [7, 11) is 2.08. The van der Waals surface area contributed by atoms with Crippen molar-refractivity contribution >= 4 is 23.0 Å². The molecule has 1 aliphatic carbocycles. The van der Waals surface area contributed by atoms with Crippen LogP contribution < -0.4 is 10.6 Å². The number of nitrogen functional groups attached to an aromatic ring is 1. The van der Waals surface area contributed by atoms with E-state index < -0.39 is 0 Å². The summed E-state index contributed by atoms with van der Waals surface area (Å²) in [5, 5.41) is 0.646. The lowest BCUT2D eigenvalue weighted by molar-refractivity contribution is 0.321. The van der Waals surface area contributed by atoms with Crippen molar-refractivity contribution in [3.8, 4) is 0 Å². The Morgan fingerprint density at radius 3 is 2.80 bits per heavy atom. The Morgan fingerprint density at radius 2 is 2.20 bits per heavy atom. The van der Waals surface area contributed by atoms with Gasteiger partial charge in [-0.05, 0) is 30.9 Å². The number of benzene rings is 1. The van der Waals surface area contributed by atoms with E-state index in [9.17, 15) is 0 Å². The van der Waals surface area contributed by atoms with Crippen molar-refractivity contribution in [1.29, 1.82) is 0 Å². The van der Waals surface area contributed by atoms with E-state index >= 15 is 0 Å². The molecule has 2 nitrogen and oxygen atoms in total. The molecular formula is C12H17ClN2. The zero-order valence-corrected chi connectivity index (χ0v) is 9.80. The number of rotatable bonds is 3. The highest BCUT2D eigenvalue weighted by molar-refractivity contribution is 6.33. The second-order valence-corrected chi connectivity index (χ2v) is 4.76. The van der Waals surface area contributed by atoms with Gasteiger partial charge in [-0.1, -0.05) is 24.1 Å². The summed E-state index contributed by atoms with van der Waals surface area (Å²) >= 11 is 5.99. The van der Waals surface area contributed by atoms with E-state index in [0.717, 1.165) is 18.2 Å². The van der Waals surface area contributed by atoms with E-state index in [2.05, 4.69) is 11.9 Å². The molecule has 1 aromatic carbocycles. The molecule has 0 spiro atoms. The maximum absolute atomic E-state index is 5.99. The lowest BCUT2D eigenvalue weighted by Gasteiger charge is -2.31. The van der Waals surface area contributed by atoms with Crippen LogP contribution in [-0.2, 0) is 0 Å². The minimum Gasteiger partial charge on any atom is -0.396 e. The van der Waals surface area contributed by atoms with Crippen LogP contribution in [0.15, 0.2) is 18.2 Å². The Bertz CT molecular complexity index is 347. The average Bonchev–Trinajstić information content (AvgIpc) is 2.15. The molecular weight excluding hydrogens is 208 g/mol. The van der Waals surface area contributed by atoms with Crippen LogP contribution in [0.2, 0.25) is 5.02 Å². The lowest BCUT2D eigenvalue weighted by Crippen LogP contribution is -2.29. The van der Waals surface area contributed by atoms with Gasteiger partial charge in [0.05, 0.1) is 16.4 Å². The molecule has 1 aromatic rings. The van der Waals surface area contributed by atoms with Crippen molar-refractivity contribution in [3.63, 3.8) is 0 Å². The van der Waals surface area contributed by atoms with Gasteiger partial charge < -0.3 is 10.6 Å². The maximum Gasteiger partial charge on any atom is 0.0741 e. The van der Waals surface area contributed by atoms with Gasteiger partial charge in [0.2, 0.25) is 0 Å². The number of para-hydroxylation sites is 1. The third-order valence-electron chi connectivity index (χ3n) is 3.20.